The number of rotatable bonds is 2. The van der Waals surface area contributed by atoms with E-state index < -0.39 is 0 Å². The normalized spacial score (nSPS) is 10.9. The molecule has 106 valence electrons. The molecular formula is C17H15BrN2O. The van der Waals surface area contributed by atoms with E-state index in [0.29, 0.717) is 0 Å². The van der Waals surface area contributed by atoms with Crippen molar-refractivity contribution in [2.24, 2.45) is 0 Å². The number of hydrogen-bond donors (Lipinski definition) is 1. The fraction of sp³-hybridized carbons (Fsp3) is 0.235. The predicted octanol–water partition coefficient (Wildman–Crippen LogP) is 4.52. The lowest BCUT2D eigenvalue weighted by Gasteiger charge is -2.11. The van der Waals surface area contributed by atoms with Crippen molar-refractivity contribution in [2.75, 3.05) is 0 Å². The number of pyridine rings is 1. The van der Waals surface area contributed by atoms with Crippen molar-refractivity contribution in [3.63, 3.8) is 0 Å². The number of benzene rings is 1. The molecular weight excluding hydrogens is 328 g/mol. The summed E-state index contributed by atoms with van der Waals surface area (Å²) < 4.78 is 5.96. The van der Waals surface area contributed by atoms with Gasteiger partial charge in [-0.25, -0.2) is 4.98 Å². The lowest BCUT2D eigenvalue weighted by atomic mass is 10.1. The van der Waals surface area contributed by atoms with Crippen molar-refractivity contribution < 1.29 is 4.74 Å². The summed E-state index contributed by atoms with van der Waals surface area (Å²) in [6, 6.07) is 6.06. The molecule has 0 saturated heterocycles. The number of nitrogens with one attached hydrogen (secondary N) is 1. The monoisotopic (exact) mass is 342 g/mol. The summed E-state index contributed by atoms with van der Waals surface area (Å²) in [4.78, 5) is 10.5. The van der Waals surface area contributed by atoms with Crippen LogP contribution < -0.4 is 4.74 Å². The Morgan fingerprint density at radius 2 is 2.05 bits per heavy atom. The number of aromatic nitrogens is 2. The van der Waals surface area contributed by atoms with E-state index in [-0.39, 0.29) is 6.10 Å². The summed E-state index contributed by atoms with van der Waals surface area (Å²) in [5.74, 6) is 3.87. The Morgan fingerprint density at radius 1 is 1.24 bits per heavy atom. The molecule has 1 N–H and O–H groups in total. The van der Waals surface area contributed by atoms with Gasteiger partial charge in [0.05, 0.1) is 23.3 Å². The highest BCUT2D eigenvalue weighted by atomic mass is 79.9. The van der Waals surface area contributed by atoms with Crippen LogP contribution in [0.25, 0.3) is 21.8 Å². The standard InChI is InChI=1S/C17H15BrN2O/c1-10(2)21-15-6-4-5-13-17(15)16-11(3)12(7-8-18)19-9-14(16)20-13/h4-6,9-10,20H,1-3H3. The molecule has 3 nitrogen and oxygen atoms in total. The lowest BCUT2D eigenvalue weighted by molar-refractivity contribution is 0.245. The fourth-order valence-corrected chi connectivity index (χ4v) is 2.78. The van der Waals surface area contributed by atoms with Gasteiger partial charge >= 0.3 is 0 Å². The van der Waals surface area contributed by atoms with E-state index in [1.165, 1.54) is 0 Å². The number of nitrogens with zero attached hydrogens (tertiary/aromatic N) is 1. The van der Waals surface area contributed by atoms with Gasteiger partial charge < -0.3 is 9.72 Å². The number of aryl methyl sites for hydroxylation is 1. The van der Waals surface area contributed by atoms with Crippen molar-refractivity contribution in [1.82, 2.24) is 9.97 Å². The van der Waals surface area contributed by atoms with Gasteiger partial charge in [0, 0.05) is 26.7 Å². The third-order valence-electron chi connectivity index (χ3n) is 3.40. The number of ether oxygens (including phenoxy) is 1. The molecule has 0 atom stereocenters. The molecule has 2 heterocycles. The van der Waals surface area contributed by atoms with Gasteiger partial charge in [0.25, 0.3) is 0 Å². The van der Waals surface area contributed by atoms with Crippen LogP contribution in [0.3, 0.4) is 0 Å². The molecule has 0 fully saturated rings. The molecule has 3 aromatic rings. The van der Waals surface area contributed by atoms with Gasteiger partial charge in [-0.3, -0.25) is 0 Å². The van der Waals surface area contributed by atoms with Crippen molar-refractivity contribution >= 4 is 37.7 Å². The van der Waals surface area contributed by atoms with E-state index in [4.69, 9.17) is 4.74 Å². The molecule has 0 aliphatic rings. The van der Waals surface area contributed by atoms with Crippen LogP contribution in [0.4, 0.5) is 0 Å². The molecule has 0 bridgehead atoms. The van der Waals surface area contributed by atoms with Crippen LogP contribution in [0.2, 0.25) is 0 Å². The Bertz CT molecular complexity index is 884. The molecule has 0 radical (unpaired) electrons. The van der Waals surface area contributed by atoms with E-state index >= 15 is 0 Å². The van der Waals surface area contributed by atoms with Crippen LogP contribution in [0.5, 0.6) is 5.75 Å². The zero-order chi connectivity index (χ0) is 15.0. The Labute approximate surface area is 131 Å². The Hall–Kier alpha value is -1.99. The first-order chi connectivity index (χ1) is 10.1. The number of hydrogen-bond acceptors (Lipinski definition) is 2. The molecule has 0 aliphatic heterocycles. The largest absolute Gasteiger partial charge is 0.490 e. The first-order valence-corrected chi connectivity index (χ1v) is 7.59. The zero-order valence-corrected chi connectivity index (χ0v) is 13.7. The molecule has 0 unspecified atom stereocenters. The molecule has 0 aliphatic carbocycles. The van der Waals surface area contributed by atoms with Gasteiger partial charge in [0.1, 0.15) is 11.4 Å². The summed E-state index contributed by atoms with van der Waals surface area (Å²) >= 11 is 3.14. The minimum Gasteiger partial charge on any atom is -0.490 e. The van der Waals surface area contributed by atoms with Crippen LogP contribution in [0.1, 0.15) is 25.1 Å². The second kappa shape index (κ2) is 5.42. The summed E-state index contributed by atoms with van der Waals surface area (Å²) in [7, 11) is 0. The van der Waals surface area contributed by atoms with Gasteiger partial charge in [-0.1, -0.05) is 6.07 Å². The van der Waals surface area contributed by atoms with E-state index in [1.54, 1.807) is 0 Å². The highest BCUT2D eigenvalue weighted by Gasteiger charge is 2.14. The van der Waals surface area contributed by atoms with E-state index in [0.717, 1.165) is 38.8 Å². The molecule has 2 aromatic heterocycles. The Morgan fingerprint density at radius 3 is 2.76 bits per heavy atom. The average molecular weight is 343 g/mol. The third-order valence-corrected chi connectivity index (χ3v) is 3.59. The number of H-pyrrole nitrogens is 1. The van der Waals surface area contributed by atoms with Gasteiger partial charge in [-0.05, 0) is 49.2 Å². The van der Waals surface area contributed by atoms with Crippen molar-refractivity contribution in [3.05, 3.63) is 35.7 Å². The molecule has 1 aromatic carbocycles. The fourth-order valence-electron chi connectivity index (χ4n) is 2.59. The summed E-state index contributed by atoms with van der Waals surface area (Å²) in [5, 5.41) is 2.22. The first kappa shape index (κ1) is 14.0. The molecule has 21 heavy (non-hydrogen) atoms. The Kier molecular flexibility index (Phi) is 3.60. The van der Waals surface area contributed by atoms with Crippen molar-refractivity contribution in [1.29, 1.82) is 0 Å². The second-order valence-corrected chi connectivity index (χ2v) is 5.61. The van der Waals surface area contributed by atoms with Gasteiger partial charge in [0.15, 0.2) is 0 Å². The van der Waals surface area contributed by atoms with Crippen LogP contribution >= 0.6 is 15.9 Å². The predicted molar refractivity (Wildman–Crippen MR) is 89.9 cm³/mol. The van der Waals surface area contributed by atoms with E-state index in [2.05, 4.69) is 42.7 Å². The maximum absolute atomic E-state index is 5.96. The quantitative estimate of drug-likeness (QED) is 0.695. The topological polar surface area (TPSA) is 37.9 Å². The first-order valence-electron chi connectivity index (χ1n) is 6.80. The highest BCUT2D eigenvalue weighted by Crippen LogP contribution is 2.35. The van der Waals surface area contributed by atoms with Crippen LogP contribution in [-0.4, -0.2) is 16.1 Å². The van der Waals surface area contributed by atoms with Crippen molar-refractivity contribution in [2.45, 2.75) is 26.9 Å². The van der Waals surface area contributed by atoms with Gasteiger partial charge in [-0.15, -0.1) is 0 Å². The molecule has 0 spiro atoms. The molecule has 4 heteroatoms. The maximum Gasteiger partial charge on any atom is 0.129 e. The number of halogens is 1. The van der Waals surface area contributed by atoms with Crippen molar-refractivity contribution in [3.8, 4) is 16.5 Å². The van der Waals surface area contributed by atoms with Crippen LogP contribution in [0.15, 0.2) is 24.4 Å². The van der Waals surface area contributed by atoms with Crippen LogP contribution in [0, 0.1) is 17.7 Å². The van der Waals surface area contributed by atoms with E-state index in [1.807, 2.05) is 39.1 Å². The van der Waals surface area contributed by atoms with E-state index in [9.17, 15) is 0 Å². The Balaban J connectivity index is 2.40. The number of fused-ring (bicyclic) bond motifs is 3. The average Bonchev–Trinajstić information content (AvgIpc) is 2.82. The summed E-state index contributed by atoms with van der Waals surface area (Å²) in [6.45, 7) is 6.11. The zero-order valence-electron chi connectivity index (χ0n) is 12.1. The SMILES string of the molecule is Cc1c(C#CBr)ncc2[nH]c3cccc(OC(C)C)c3c12. The van der Waals surface area contributed by atoms with Gasteiger partial charge in [0.2, 0.25) is 0 Å². The van der Waals surface area contributed by atoms with Gasteiger partial charge in [-0.2, -0.15) is 0 Å². The second-order valence-electron chi connectivity index (χ2n) is 5.21. The summed E-state index contributed by atoms with van der Waals surface area (Å²) in [5.41, 5.74) is 3.89. The molecule has 0 saturated carbocycles. The number of aromatic amines is 1. The molecule has 0 amide bonds. The minimum atomic E-state index is 0.129. The minimum absolute atomic E-state index is 0.129. The summed E-state index contributed by atoms with van der Waals surface area (Å²) in [6.07, 6.45) is 1.96. The lowest BCUT2D eigenvalue weighted by Crippen LogP contribution is -2.05. The van der Waals surface area contributed by atoms with Crippen LogP contribution in [-0.2, 0) is 0 Å². The maximum atomic E-state index is 5.96. The smallest absolute Gasteiger partial charge is 0.129 e. The third kappa shape index (κ3) is 2.38. The molecule has 3 rings (SSSR count). The highest BCUT2D eigenvalue weighted by molar-refractivity contribution is 9.12.